The lowest BCUT2D eigenvalue weighted by atomic mass is 9.49. The van der Waals surface area contributed by atoms with Crippen molar-refractivity contribution in [2.24, 2.45) is 5.92 Å². The van der Waals surface area contributed by atoms with Gasteiger partial charge in [-0.3, -0.25) is 9.69 Å². The molecule has 37 heavy (non-hydrogen) atoms. The zero-order valence-corrected chi connectivity index (χ0v) is 21.1. The van der Waals surface area contributed by atoms with Gasteiger partial charge in [-0.2, -0.15) is 0 Å². The Morgan fingerprint density at radius 2 is 2.05 bits per heavy atom. The number of methoxy groups -OCH3 is 1. The minimum absolute atomic E-state index is 0.0311. The number of aliphatic hydroxyl groups is 2. The van der Waals surface area contributed by atoms with Crippen molar-refractivity contribution in [3.63, 3.8) is 0 Å². The highest BCUT2D eigenvalue weighted by Crippen LogP contribution is 2.66. The van der Waals surface area contributed by atoms with Gasteiger partial charge < -0.3 is 30.1 Å². The molecule has 194 valence electrons. The second-order valence-electron chi connectivity index (χ2n) is 10.9. The van der Waals surface area contributed by atoms with E-state index in [-0.39, 0.29) is 29.5 Å². The van der Waals surface area contributed by atoms with Crippen LogP contribution in [0.2, 0.25) is 0 Å². The van der Waals surface area contributed by atoms with E-state index in [1.807, 2.05) is 6.07 Å². The minimum Gasteiger partial charge on any atom is -0.508 e. The highest BCUT2D eigenvalue weighted by atomic mass is 32.1. The molecule has 1 amide bonds. The first-order valence-corrected chi connectivity index (χ1v) is 13.5. The number of nitrogens with zero attached hydrogens (tertiary/aromatic N) is 1. The highest BCUT2D eigenvalue weighted by molar-refractivity contribution is 7.18. The van der Waals surface area contributed by atoms with Crippen molar-refractivity contribution >= 4 is 28.2 Å². The fraction of sp³-hybridized carbons (Fsp3) is 0.481. The summed E-state index contributed by atoms with van der Waals surface area (Å²) < 4.78 is 11.0. The van der Waals surface area contributed by atoms with Crippen LogP contribution in [0.3, 0.4) is 0 Å². The number of phenolic OH excluding ortho intramolecular Hbond substituents is 1. The Kier molecular flexibility index (Phi) is 4.81. The van der Waals surface area contributed by atoms with Crippen molar-refractivity contribution < 1.29 is 34.4 Å². The molecule has 2 aliphatic heterocycles. The van der Waals surface area contributed by atoms with Crippen molar-refractivity contribution in [2.75, 3.05) is 25.5 Å². The summed E-state index contributed by atoms with van der Waals surface area (Å²) in [6, 6.07) is 6.42. The highest BCUT2D eigenvalue weighted by Gasteiger charge is 2.73. The molecule has 10 heteroatoms. The van der Waals surface area contributed by atoms with Gasteiger partial charge in [0.25, 0.3) is 5.91 Å². The van der Waals surface area contributed by atoms with Gasteiger partial charge in [-0.25, -0.2) is 4.79 Å². The Bertz CT molecular complexity index is 1380. The molecule has 9 nitrogen and oxygen atoms in total. The molecular weight excluding hydrogens is 496 g/mol. The molecule has 3 aliphatic carbocycles. The molecule has 1 saturated carbocycles. The van der Waals surface area contributed by atoms with Gasteiger partial charge in [-0.05, 0) is 61.9 Å². The molecule has 1 saturated heterocycles. The zero-order valence-electron chi connectivity index (χ0n) is 20.3. The van der Waals surface area contributed by atoms with E-state index >= 15 is 0 Å². The van der Waals surface area contributed by atoms with Crippen LogP contribution in [0.5, 0.6) is 11.5 Å². The summed E-state index contributed by atoms with van der Waals surface area (Å²) in [7, 11) is 1.29. The van der Waals surface area contributed by atoms with Crippen LogP contribution in [0, 0.1) is 5.92 Å². The molecule has 1 aromatic carbocycles. The van der Waals surface area contributed by atoms with E-state index in [2.05, 4.69) is 10.2 Å². The van der Waals surface area contributed by atoms with Gasteiger partial charge in [0.2, 0.25) is 0 Å². The fourth-order valence-electron chi connectivity index (χ4n) is 7.17. The van der Waals surface area contributed by atoms with Crippen molar-refractivity contribution in [1.82, 2.24) is 4.90 Å². The number of hydrogen-bond donors (Lipinski definition) is 4. The van der Waals surface area contributed by atoms with Crippen LogP contribution >= 0.6 is 11.3 Å². The van der Waals surface area contributed by atoms with Crippen molar-refractivity contribution in [3.8, 4) is 11.5 Å². The summed E-state index contributed by atoms with van der Waals surface area (Å²) in [6.45, 7) is 1.65. The van der Waals surface area contributed by atoms with Gasteiger partial charge in [0.15, 0.2) is 17.6 Å². The molecule has 1 aromatic heterocycles. The van der Waals surface area contributed by atoms with E-state index in [0.717, 1.165) is 35.6 Å². The van der Waals surface area contributed by atoms with E-state index in [9.17, 15) is 24.9 Å². The number of amides is 1. The number of benzene rings is 1. The predicted molar refractivity (Wildman–Crippen MR) is 134 cm³/mol. The second kappa shape index (κ2) is 7.72. The summed E-state index contributed by atoms with van der Waals surface area (Å²) >= 11 is 1.07. The summed E-state index contributed by atoms with van der Waals surface area (Å²) in [5, 5.41) is 38.0. The summed E-state index contributed by atoms with van der Waals surface area (Å²) in [4.78, 5) is 28.0. The molecule has 5 aliphatic rings. The number of likely N-dealkylation sites (tertiary alicyclic amines) is 1. The smallest absolute Gasteiger partial charge is 0.348 e. The van der Waals surface area contributed by atoms with Gasteiger partial charge >= 0.3 is 5.97 Å². The lowest BCUT2D eigenvalue weighted by Crippen LogP contribution is -2.75. The van der Waals surface area contributed by atoms with Gasteiger partial charge in [-0.1, -0.05) is 6.07 Å². The maximum Gasteiger partial charge on any atom is 0.348 e. The number of aliphatic hydroxyl groups excluding tert-OH is 1. The molecule has 4 atom stereocenters. The number of carbonyl (C=O) groups excluding carboxylic acids is 2. The summed E-state index contributed by atoms with van der Waals surface area (Å²) in [6.07, 6.45) is 2.49. The molecule has 3 heterocycles. The first-order valence-electron chi connectivity index (χ1n) is 12.7. The average Bonchev–Trinajstić information content (AvgIpc) is 3.44. The third kappa shape index (κ3) is 3.03. The first kappa shape index (κ1) is 23.1. The van der Waals surface area contributed by atoms with Gasteiger partial charge in [-0.15, -0.1) is 11.3 Å². The van der Waals surface area contributed by atoms with Gasteiger partial charge in [0.05, 0.1) is 28.7 Å². The minimum atomic E-state index is -1.37. The number of carbonyl (C=O) groups is 2. The lowest BCUT2D eigenvalue weighted by molar-refractivity contribution is -0.172. The number of hydrogen-bond acceptors (Lipinski definition) is 9. The monoisotopic (exact) mass is 524 g/mol. The standard InChI is InChI=1S/C27H28N2O7S/c1-35-25(33)17-6-7-19(37-17)28-24(32)15-11-27(34)18-10-14-4-5-16(30)22-20(14)26(27,23(36-22)21(15)31)8-9-29(18)12-13-2-3-13/h4-7,13,18,23,30-31,34H,2-3,8-12H2,1H3,(H,28,32)/t18-,23+,26+,27-/m1/s1. The Morgan fingerprint density at radius 3 is 2.81 bits per heavy atom. The predicted octanol–water partition coefficient (Wildman–Crippen LogP) is 2.87. The van der Waals surface area contributed by atoms with Crippen molar-refractivity contribution in [3.05, 3.63) is 51.6 Å². The van der Waals surface area contributed by atoms with Gasteiger partial charge in [0, 0.05) is 24.6 Å². The van der Waals surface area contributed by atoms with E-state index in [4.69, 9.17) is 9.47 Å². The Labute approximate surface area is 217 Å². The molecule has 2 aromatic rings. The quantitative estimate of drug-likeness (QED) is 0.440. The Hall–Kier alpha value is -3.08. The van der Waals surface area contributed by atoms with Crippen LogP contribution in [0.4, 0.5) is 5.00 Å². The molecule has 4 N–H and O–H groups in total. The number of piperidine rings is 1. The van der Waals surface area contributed by atoms with Crippen LogP contribution in [-0.4, -0.2) is 70.0 Å². The number of rotatable bonds is 5. The zero-order chi connectivity index (χ0) is 25.7. The molecule has 2 fully saturated rings. The van der Waals surface area contributed by atoms with Crippen LogP contribution in [0.25, 0.3) is 0 Å². The third-order valence-corrected chi connectivity index (χ3v) is 10.0. The SMILES string of the molecule is COC(=O)c1ccc(NC(=O)C2=C(O)[C@@H]3Oc4c(O)ccc5c4[C@@]34CCN(CC3CC3)[C@H](C5)[C@]4(O)C2)s1. The van der Waals surface area contributed by atoms with Gasteiger partial charge in [0.1, 0.15) is 10.6 Å². The molecular formula is C27H28N2O7S. The summed E-state index contributed by atoms with van der Waals surface area (Å²) in [5.41, 5.74) is -0.476. The normalized spacial score (nSPS) is 31.5. The topological polar surface area (TPSA) is 129 Å². The van der Waals surface area contributed by atoms with E-state index < -0.39 is 29.0 Å². The second-order valence-corrected chi connectivity index (χ2v) is 12.0. The molecule has 7 rings (SSSR count). The third-order valence-electron chi connectivity index (χ3n) is 9.02. The van der Waals surface area contributed by atoms with Crippen molar-refractivity contribution in [1.29, 1.82) is 0 Å². The van der Waals surface area contributed by atoms with Crippen LogP contribution < -0.4 is 10.1 Å². The number of thiophene rings is 1. The number of ether oxygens (including phenoxy) is 2. The Balaban J connectivity index is 1.31. The average molecular weight is 525 g/mol. The molecule has 2 bridgehead atoms. The number of nitrogens with one attached hydrogen (secondary N) is 1. The summed E-state index contributed by atoms with van der Waals surface area (Å²) in [5.74, 6) is -0.381. The fourth-order valence-corrected chi connectivity index (χ4v) is 7.99. The number of aromatic hydroxyl groups is 1. The Morgan fingerprint density at radius 1 is 1.24 bits per heavy atom. The maximum atomic E-state index is 13.5. The van der Waals surface area contributed by atoms with E-state index in [1.54, 1.807) is 18.2 Å². The lowest BCUT2D eigenvalue weighted by Gasteiger charge is -2.62. The molecule has 1 spiro atoms. The number of anilines is 1. The van der Waals surface area contributed by atoms with Crippen molar-refractivity contribution in [2.45, 2.75) is 55.3 Å². The largest absolute Gasteiger partial charge is 0.508 e. The number of phenols is 1. The van der Waals surface area contributed by atoms with Crippen LogP contribution in [0.1, 0.15) is 46.5 Å². The van der Waals surface area contributed by atoms with E-state index in [1.165, 1.54) is 20.0 Å². The van der Waals surface area contributed by atoms with E-state index in [0.29, 0.717) is 34.4 Å². The maximum absolute atomic E-state index is 13.5. The first-order chi connectivity index (χ1) is 17.8. The van der Waals surface area contributed by atoms with Crippen LogP contribution in [-0.2, 0) is 21.4 Å². The molecule has 0 radical (unpaired) electrons. The number of esters is 1. The van der Waals surface area contributed by atoms with Crippen LogP contribution in [0.15, 0.2) is 35.6 Å². The molecule has 0 unspecified atom stereocenters.